The first-order chi connectivity index (χ1) is 8.71. The Hall–Kier alpha value is -1.79. The Bertz CT molecular complexity index is 632. The third kappa shape index (κ3) is 2.36. The van der Waals surface area contributed by atoms with Crippen LogP contribution in [-0.2, 0) is 6.18 Å². The quantitative estimate of drug-likeness (QED) is 0.693. The Morgan fingerprint density at radius 1 is 1.16 bits per heavy atom. The minimum absolute atomic E-state index is 0.179. The van der Waals surface area contributed by atoms with Crippen molar-refractivity contribution in [2.24, 2.45) is 0 Å². The van der Waals surface area contributed by atoms with Crippen LogP contribution in [0.25, 0.3) is 10.9 Å². The average molecular weight is 279 g/mol. The zero-order valence-electron chi connectivity index (χ0n) is 9.52. The van der Waals surface area contributed by atoms with Crippen LogP contribution in [0.1, 0.15) is 23.2 Å². The molecule has 0 bridgehead atoms. The van der Waals surface area contributed by atoms with E-state index in [1.165, 1.54) is 6.92 Å². The average Bonchev–Trinajstić information content (AvgIpc) is 2.31. The summed E-state index contributed by atoms with van der Waals surface area (Å²) in [4.78, 5) is 3.25. The molecule has 0 saturated heterocycles. The third-order valence-electron chi connectivity index (χ3n) is 2.73. The topological polar surface area (TPSA) is 12.9 Å². The molecule has 0 N–H and O–H groups in total. The molecule has 0 unspecified atom stereocenters. The summed E-state index contributed by atoms with van der Waals surface area (Å²) < 4.78 is 76.7. The van der Waals surface area contributed by atoms with Gasteiger partial charge in [-0.05, 0) is 25.1 Å². The van der Waals surface area contributed by atoms with E-state index in [0.717, 1.165) is 12.1 Å². The SMILES string of the molecule is Cc1c(F)ccc2c(C(F)F)cc(C(F)(F)F)nc12. The number of nitrogens with zero attached hydrogens (tertiary/aromatic N) is 1. The highest BCUT2D eigenvalue weighted by atomic mass is 19.4. The fourth-order valence-electron chi connectivity index (χ4n) is 1.76. The zero-order valence-corrected chi connectivity index (χ0v) is 9.52. The Balaban J connectivity index is 2.88. The van der Waals surface area contributed by atoms with E-state index in [1.54, 1.807) is 0 Å². The van der Waals surface area contributed by atoms with E-state index in [-0.39, 0.29) is 10.9 Å². The number of aryl methyl sites for hydroxylation is 1. The number of hydrogen-bond donors (Lipinski definition) is 0. The molecule has 0 spiro atoms. The molecule has 2 aromatic rings. The lowest BCUT2D eigenvalue weighted by Crippen LogP contribution is -2.10. The van der Waals surface area contributed by atoms with Crippen molar-refractivity contribution in [2.45, 2.75) is 19.5 Å². The van der Waals surface area contributed by atoms with Crippen molar-refractivity contribution in [3.8, 4) is 0 Å². The number of pyridine rings is 1. The van der Waals surface area contributed by atoms with Crippen LogP contribution in [0.5, 0.6) is 0 Å². The van der Waals surface area contributed by atoms with Crippen molar-refractivity contribution in [2.75, 3.05) is 0 Å². The number of benzene rings is 1. The number of aromatic nitrogens is 1. The van der Waals surface area contributed by atoms with Crippen LogP contribution >= 0.6 is 0 Å². The second-order valence-electron chi connectivity index (χ2n) is 3.96. The molecule has 0 saturated carbocycles. The monoisotopic (exact) mass is 279 g/mol. The summed E-state index contributed by atoms with van der Waals surface area (Å²) in [7, 11) is 0. The minimum atomic E-state index is -4.86. The molecule has 1 aromatic heterocycles. The van der Waals surface area contributed by atoms with Gasteiger partial charge >= 0.3 is 6.18 Å². The van der Waals surface area contributed by atoms with Crippen molar-refractivity contribution in [1.29, 1.82) is 0 Å². The molecular weight excluding hydrogens is 272 g/mol. The van der Waals surface area contributed by atoms with E-state index >= 15 is 0 Å². The highest BCUT2D eigenvalue weighted by Crippen LogP contribution is 2.35. The molecule has 0 amide bonds. The van der Waals surface area contributed by atoms with Gasteiger partial charge in [-0.3, -0.25) is 0 Å². The van der Waals surface area contributed by atoms with Crippen LogP contribution in [0.4, 0.5) is 26.3 Å². The predicted molar refractivity (Wildman–Crippen MR) is 56.4 cm³/mol. The Labute approximate surface area is 103 Å². The van der Waals surface area contributed by atoms with Crippen LogP contribution in [-0.4, -0.2) is 4.98 Å². The number of rotatable bonds is 1. The van der Waals surface area contributed by atoms with Gasteiger partial charge in [-0.15, -0.1) is 0 Å². The highest BCUT2D eigenvalue weighted by Gasteiger charge is 2.34. The van der Waals surface area contributed by atoms with E-state index < -0.39 is 35.2 Å². The van der Waals surface area contributed by atoms with Crippen molar-refractivity contribution < 1.29 is 26.3 Å². The van der Waals surface area contributed by atoms with Crippen molar-refractivity contribution in [3.05, 3.63) is 40.8 Å². The molecular formula is C12H7F6N. The molecule has 0 radical (unpaired) electrons. The van der Waals surface area contributed by atoms with E-state index in [9.17, 15) is 26.3 Å². The molecule has 1 aromatic carbocycles. The van der Waals surface area contributed by atoms with Gasteiger partial charge in [0.25, 0.3) is 6.43 Å². The fourth-order valence-corrected chi connectivity index (χ4v) is 1.76. The number of alkyl halides is 5. The van der Waals surface area contributed by atoms with Gasteiger partial charge in [0.05, 0.1) is 5.52 Å². The maximum Gasteiger partial charge on any atom is 0.433 e. The fraction of sp³-hybridized carbons (Fsp3) is 0.250. The van der Waals surface area contributed by atoms with Gasteiger partial charge in [-0.25, -0.2) is 18.2 Å². The van der Waals surface area contributed by atoms with Crippen molar-refractivity contribution >= 4 is 10.9 Å². The van der Waals surface area contributed by atoms with Gasteiger partial charge in [0.2, 0.25) is 0 Å². The lowest BCUT2D eigenvalue weighted by molar-refractivity contribution is -0.141. The van der Waals surface area contributed by atoms with Gasteiger partial charge in [-0.2, -0.15) is 13.2 Å². The summed E-state index contributed by atoms with van der Waals surface area (Å²) in [6.07, 6.45) is -7.96. The van der Waals surface area contributed by atoms with Crippen molar-refractivity contribution in [1.82, 2.24) is 4.98 Å². The Morgan fingerprint density at radius 2 is 1.79 bits per heavy atom. The van der Waals surface area contributed by atoms with Gasteiger partial charge in [0.1, 0.15) is 11.5 Å². The predicted octanol–water partition coefficient (Wildman–Crippen LogP) is 4.64. The molecule has 102 valence electrons. The maximum absolute atomic E-state index is 13.3. The van der Waals surface area contributed by atoms with Crippen LogP contribution in [0.2, 0.25) is 0 Å². The third-order valence-corrected chi connectivity index (χ3v) is 2.73. The minimum Gasteiger partial charge on any atom is -0.243 e. The van der Waals surface area contributed by atoms with Gasteiger partial charge in [-0.1, -0.05) is 0 Å². The first-order valence-corrected chi connectivity index (χ1v) is 5.17. The van der Waals surface area contributed by atoms with Gasteiger partial charge < -0.3 is 0 Å². The Kier molecular flexibility index (Phi) is 3.15. The standard InChI is InChI=1S/C12H7F6N/c1-5-8(13)3-2-6-7(11(14)15)4-9(12(16,17)18)19-10(5)6/h2-4,11H,1H3. The van der Waals surface area contributed by atoms with E-state index in [2.05, 4.69) is 4.98 Å². The summed E-state index contributed by atoms with van der Waals surface area (Å²) in [5.74, 6) is -0.792. The molecule has 1 heterocycles. The van der Waals surface area contributed by atoms with E-state index in [0.29, 0.717) is 6.07 Å². The molecule has 2 rings (SSSR count). The second kappa shape index (κ2) is 4.40. The lowest BCUT2D eigenvalue weighted by atomic mass is 10.0. The van der Waals surface area contributed by atoms with E-state index in [1.807, 2.05) is 0 Å². The first-order valence-electron chi connectivity index (χ1n) is 5.17. The highest BCUT2D eigenvalue weighted by molar-refractivity contribution is 5.85. The normalized spacial score (nSPS) is 12.4. The van der Waals surface area contributed by atoms with Gasteiger partial charge in [0, 0.05) is 16.5 Å². The second-order valence-corrected chi connectivity index (χ2v) is 3.96. The summed E-state index contributed by atoms with van der Waals surface area (Å²) in [5.41, 5.74) is -2.85. The molecule has 0 fully saturated rings. The number of hydrogen-bond acceptors (Lipinski definition) is 1. The van der Waals surface area contributed by atoms with Crippen LogP contribution in [0.3, 0.4) is 0 Å². The van der Waals surface area contributed by atoms with Crippen LogP contribution < -0.4 is 0 Å². The largest absolute Gasteiger partial charge is 0.433 e. The molecule has 7 heteroatoms. The van der Waals surface area contributed by atoms with E-state index in [4.69, 9.17) is 0 Å². The summed E-state index contributed by atoms with van der Waals surface area (Å²) in [6, 6.07) is 2.23. The smallest absolute Gasteiger partial charge is 0.243 e. The van der Waals surface area contributed by atoms with Crippen LogP contribution in [0, 0.1) is 12.7 Å². The van der Waals surface area contributed by atoms with Crippen LogP contribution in [0.15, 0.2) is 18.2 Å². The number of fused-ring (bicyclic) bond motifs is 1. The Morgan fingerprint density at radius 3 is 2.32 bits per heavy atom. The molecule has 0 aliphatic carbocycles. The lowest BCUT2D eigenvalue weighted by Gasteiger charge is -2.12. The summed E-state index contributed by atoms with van der Waals surface area (Å²) >= 11 is 0. The molecule has 0 atom stereocenters. The number of halogens is 6. The summed E-state index contributed by atoms with van der Waals surface area (Å²) in [5, 5.41) is -0.179. The molecule has 0 aliphatic rings. The van der Waals surface area contributed by atoms with Crippen molar-refractivity contribution in [3.63, 3.8) is 0 Å². The molecule has 1 nitrogen and oxygen atoms in total. The maximum atomic E-state index is 13.3. The summed E-state index contributed by atoms with van der Waals surface area (Å²) in [6.45, 7) is 1.19. The van der Waals surface area contributed by atoms with Gasteiger partial charge in [0.15, 0.2) is 0 Å². The first kappa shape index (κ1) is 13.6. The zero-order chi connectivity index (χ0) is 14.4. The molecule has 0 aliphatic heterocycles. The molecule has 19 heavy (non-hydrogen) atoms.